The lowest BCUT2D eigenvalue weighted by molar-refractivity contribution is 0.102. The zero-order valence-corrected chi connectivity index (χ0v) is 13.9. The number of anilines is 2. The molecule has 3 aromatic rings. The smallest absolute Gasteiger partial charge is 0.255 e. The van der Waals surface area contributed by atoms with Crippen LogP contribution in [-0.4, -0.2) is 26.5 Å². The first-order valence-corrected chi connectivity index (χ1v) is 7.75. The molecule has 0 unspecified atom stereocenters. The predicted octanol–water partition coefficient (Wildman–Crippen LogP) is 2.74. The predicted molar refractivity (Wildman–Crippen MR) is 97.0 cm³/mol. The molecule has 3 N–H and O–H groups in total. The number of benzene rings is 2. The number of nitriles is 1. The van der Waals surface area contributed by atoms with Gasteiger partial charge in [-0.05, 0) is 48.0 Å². The molecule has 0 aliphatic heterocycles. The van der Waals surface area contributed by atoms with E-state index < -0.39 is 0 Å². The number of tetrazole rings is 1. The Labute approximate surface area is 149 Å². The van der Waals surface area contributed by atoms with E-state index in [0.29, 0.717) is 11.3 Å². The highest BCUT2D eigenvalue weighted by Gasteiger charge is 2.08. The summed E-state index contributed by atoms with van der Waals surface area (Å²) in [7, 11) is 0. The fourth-order valence-electron chi connectivity index (χ4n) is 2.20. The van der Waals surface area contributed by atoms with Crippen LogP contribution in [0.2, 0.25) is 0 Å². The van der Waals surface area contributed by atoms with Crippen LogP contribution in [0.5, 0.6) is 0 Å². The summed E-state index contributed by atoms with van der Waals surface area (Å²) >= 11 is 0. The van der Waals surface area contributed by atoms with Crippen LogP contribution < -0.4 is 10.6 Å². The number of nitrogens with one attached hydrogen (secondary N) is 3. The van der Waals surface area contributed by atoms with Gasteiger partial charge in [0.25, 0.3) is 5.91 Å². The van der Waals surface area contributed by atoms with E-state index in [1.54, 1.807) is 24.3 Å². The lowest BCUT2D eigenvalue weighted by atomic mass is 10.1. The molecular formula is C18H15N7O. The third-order valence-corrected chi connectivity index (χ3v) is 3.63. The van der Waals surface area contributed by atoms with Gasteiger partial charge in [-0.2, -0.15) is 10.5 Å². The van der Waals surface area contributed by atoms with Gasteiger partial charge < -0.3 is 10.6 Å². The van der Waals surface area contributed by atoms with E-state index in [4.69, 9.17) is 5.26 Å². The molecule has 0 spiro atoms. The van der Waals surface area contributed by atoms with Crippen LogP contribution in [0.3, 0.4) is 0 Å². The number of aromatic nitrogens is 4. The maximum absolute atomic E-state index is 12.3. The Balaban J connectivity index is 1.68. The first-order chi connectivity index (χ1) is 12.7. The minimum atomic E-state index is -0.189. The van der Waals surface area contributed by atoms with Gasteiger partial charge in [0.15, 0.2) is 0 Å². The molecule has 0 atom stereocenters. The SMILES string of the molecule is Cc1ccccc1NC(=O)c1ccc(NC=C(C#N)c2nn[nH]n2)cc1. The number of rotatable bonds is 5. The summed E-state index contributed by atoms with van der Waals surface area (Å²) in [4.78, 5) is 12.3. The summed E-state index contributed by atoms with van der Waals surface area (Å²) in [5.74, 6) is 0.0140. The van der Waals surface area contributed by atoms with Crippen LogP contribution in [-0.2, 0) is 0 Å². The van der Waals surface area contributed by atoms with Crippen LogP contribution in [0.15, 0.2) is 54.7 Å². The van der Waals surface area contributed by atoms with E-state index in [2.05, 4.69) is 31.3 Å². The Morgan fingerprint density at radius 2 is 1.96 bits per heavy atom. The van der Waals surface area contributed by atoms with Gasteiger partial charge in [0.1, 0.15) is 11.6 Å². The van der Waals surface area contributed by atoms with Crippen molar-refractivity contribution >= 4 is 22.9 Å². The summed E-state index contributed by atoms with van der Waals surface area (Å²) < 4.78 is 0. The van der Waals surface area contributed by atoms with Crippen molar-refractivity contribution in [1.82, 2.24) is 20.6 Å². The van der Waals surface area contributed by atoms with E-state index in [1.807, 2.05) is 37.3 Å². The number of nitrogens with zero attached hydrogens (tertiary/aromatic N) is 4. The highest BCUT2D eigenvalue weighted by atomic mass is 16.1. The minimum Gasteiger partial charge on any atom is -0.360 e. The first-order valence-electron chi connectivity index (χ1n) is 7.75. The van der Waals surface area contributed by atoms with E-state index in [-0.39, 0.29) is 17.3 Å². The highest BCUT2D eigenvalue weighted by molar-refractivity contribution is 6.04. The number of hydrogen-bond acceptors (Lipinski definition) is 6. The summed E-state index contributed by atoms with van der Waals surface area (Å²) in [5, 5.41) is 28.2. The average molecular weight is 345 g/mol. The number of carbonyl (C=O) groups excluding carboxylic acids is 1. The monoisotopic (exact) mass is 345 g/mol. The lowest BCUT2D eigenvalue weighted by Crippen LogP contribution is -2.12. The molecule has 8 heteroatoms. The van der Waals surface area contributed by atoms with Crippen LogP contribution in [0, 0.1) is 18.3 Å². The van der Waals surface area contributed by atoms with Crippen molar-refractivity contribution in [3.05, 3.63) is 71.7 Å². The topological polar surface area (TPSA) is 119 Å². The number of aromatic amines is 1. The maximum atomic E-state index is 12.3. The summed E-state index contributed by atoms with van der Waals surface area (Å²) in [6, 6.07) is 16.5. The molecule has 0 saturated heterocycles. The van der Waals surface area contributed by atoms with Crippen molar-refractivity contribution in [2.24, 2.45) is 0 Å². The number of aryl methyl sites for hydroxylation is 1. The largest absolute Gasteiger partial charge is 0.360 e. The van der Waals surface area contributed by atoms with E-state index in [1.165, 1.54) is 6.20 Å². The van der Waals surface area contributed by atoms with Gasteiger partial charge in [0.05, 0.1) is 0 Å². The van der Waals surface area contributed by atoms with Crippen LogP contribution in [0.1, 0.15) is 21.7 Å². The Hall–Kier alpha value is -3.99. The molecule has 1 aromatic heterocycles. The van der Waals surface area contributed by atoms with Crippen molar-refractivity contribution in [2.45, 2.75) is 6.92 Å². The van der Waals surface area contributed by atoms with Crippen molar-refractivity contribution in [3.8, 4) is 6.07 Å². The van der Waals surface area contributed by atoms with E-state index in [0.717, 1.165) is 11.3 Å². The van der Waals surface area contributed by atoms with Crippen molar-refractivity contribution < 1.29 is 4.79 Å². The number of allylic oxidation sites excluding steroid dienone is 1. The Bertz CT molecular complexity index is 970. The fraction of sp³-hybridized carbons (Fsp3) is 0.0556. The second-order valence-corrected chi connectivity index (χ2v) is 5.40. The quantitative estimate of drug-likeness (QED) is 0.612. The zero-order chi connectivity index (χ0) is 18.4. The molecular weight excluding hydrogens is 330 g/mol. The Morgan fingerprint density at radius 1 is 1.19 bits per heavy atom. The molecule has 0 bridgehead atoms. The van der Waals surface area contributed by atoms with Gasteiger partial charge in [0, 0.05) is 23.1 Å². The molecule has 0 saturated carbocycles. The average Bonchev–Trinajstić information content (AvgIpc) is 3.19. The van der Waals surface area contributed by atoms with Crippen LogP contribution in [0.25, 0.3) is 5.57 Å². The van der Waals surface area contributed by atoms with Gasteiger partial charge in [-0.25, -0.2) is 0 Å². The highest BCUT2D eigenvalue weighted by Crippen LogP contribution is 2.16. The fourth-order valence-corrected chi connectivity index (χ4v) is 2.20. The second kappa shape index (κ2) is 7.72. The van der Waals surface area contributed by atoms with Gasteiger partial charge in [-0.15, -0.1) is 10.2 Å². The normalized spacial score (nSPS) is 10.8. The maximum Gasteiger partial charge on any atom is 0.255 e. The molecule has 0 fully saturated rings. The first kappa shape index (κ1) is 16.9. The third kappa shape index (κ3) is 3.91. The van der Waals surface area contributed by atoms with Crippen LogP contribution >= 0.6 is 0 Å². The lowest BCUT2D eigenvalue weighted by Gasteiger charge is -2.08. The Kier molecular flexibility index (Phi) is 5.00. The number of para-hydroxylation sites is 1. The van der Waals surface area contributed by atoms with E-state index in [9.17, 15) is 4.79 Å². The molecule has 26 heavy (non-hydrogen) atoms. The molecule has 0 aliphatic rings. The third-order valence-electron chi connectivity index (χ3n) is 3.63. The van der Waals surface area contributed by atoms with Crippen molar-refractivity contribution in [3.63, 3.8) is 0 Å². The molecule has 128 valence electrons. The van der Waals surface area contributed by atoms with Gasteiger partial charge >= 0.3 is 0 Å². The van der Waals surface area contributed by atoms with Crippen molar-refractivity contribution in [2.75, 3.05) is 10.6 Å². The second-order valence-electron chi connectivity index (χ2n) is 5.40. The Morgan fingerprint density at radius 3 is 2.62 bits per heavy atom. The molecule has 8 nitrogen and oxygen atoms in total. The number of amides is 1. The molecule has 3 rings (SSSR count). The number of hydrogen-bond donors (Lipinski definition) is 3. The number of H-pyrrole nitrogens is 1. The van der Waals surface area contributed by atoms with Gasteiger partial charge in [-0.3, -0.25) is 4.79 Å². The number of carbonyl (C=O) groups is 1. The summed E-state index contributed by atoms with van der Waals surface area (Å²) in [5.41, 5.74) is 3.26. The summed E-state index contributed by atoms with van der Waals surface area (Å²) in [6.07, 6.45) is 1.48. The van der Waals surface area contributed by atoms with Crippen LogP contribution in [0.4, 0.5) is 11.4 Å². The van der Waals surface area contributed by atoms with E-state index >= 15 is 0 Å². The van der Waals surface area contributed by atoms with Gasteiger partial charge in [-0.1, -0.05) is 18.2 Å². The summed E-state index contributed by atoms with van der Waals surface area (Å²) in [6.45, 7) is 1.94. The molecule has 1 heterocycles. The molecule has 2 aromatic carbocycles. The minimum absolute atomic E-state index is 0.189. The molecule has 0 aliphatic carbocycles. The zero-order valence-electron chi connectivity index (χ0n) is 13.9. The van der Waals surface area contributed by atoms with Crippen molar-refractivity contribution in [1.29, 1.82) is 5.26 Å². The molecule has 1 amide bonds. The van der Waals surface area contributed by atoms with Gasteiger partial charge in [0.2, 0.25) is 5.82 Å². The standard InChI is InChI=1S/C18H15N7O/c1-12-4-2-3-5-16(12)21-18(26)13-6-8-15(9-7-13)20-11-14(10-19)17-22-24-25-23-17/h2-9,11,20H,1H3,(H,21,26)(H,22,23,24,25). The molecule has 0 radical (unpaired) electrons.